The van der Waals surface area contributed by atoms with Gasteiger partial charge in [-0.3, -0.25) is 4.79 Å². The summed E-state index contributed by atoms with van der Waals surface area (Å²) in [6.07, 6.45) is 5.49. The number of likely N-dealkylation sites (tertiary alicyclic amines) is 1. The maximum Gasteiger partial charge on any atom is 0.226 e. The van der Waals surface area contributed by atoms with Crippen molar-refractivity contribution in [2.45, 2.75) is 71.4 Å². The van der Waals surface area contributed by atoms with Gasteiger partial charge in [0.15, 0.2) is 0 Å². The van der Waals surface area contributed by atoms with Crippen molar-refractivity contribution >= 4 is 5.91 Å². The standard InChI is InChI=1S/C15H28N2O/c1-12(2)17-10-8-15(4,9-11-17)16-13(18)14(3)6-5-7-14/h12H,5-11H2,1-4H3,(H,16,18). The predicted octanol–water partition coefficient (Wildman–Crippen LogP) is 2.56. The Morgan fingerprint density at radius 3 is 2.06 bits per heavy atom. The fraction of sp³-hybridized carbons (Fsp3) is 0.933. The van der Waals surface area contributed by atoms with Crippen molar-refractivity contribution in [2.75, 3.05) is 13.1 Å². The lowest BCUT2D eigenvalue weighted by molar-refractivity contribution is -0.137. The Hall–Kier alpha value is -0.570. The monoisotopic (exact) mass is 252 g/mol. The van der Waals surface area contributed by atoms with Gasteiger partial charge in [-0.2, -0.15) is 0 Å². The Labute approximate surface area is 111 Å². The minimum atomic E-state index is -0.0712. The normalized spacial score (nSPS) is 26.7. The minimum Gasteiger partial charge on any atom is -0.350 e. The lowest BCUT2D eigenvalue weighted by atomic mass is 9.69. The van der Waals surface area contributed by atoms with Crippen molar-refractivity contribution in [3.05, 3.63) is 0 Å². The number of carbonyl (C=O) groups is 1. The number of amides is 1. The Balaban J connectivity index is 1.88. The summed E-state index contributed by atoms with van der Waals surface area (Å²) in [7, 11) is 0. The van der Waals surface area contributed by atoms with Gasteiger partial charge >= 0.3 is 0 Å². The van der Waals surface area contributed by atoms with E-state index >= 15 is 0 Å². The third-order valence-electron chi connectivity index (χ3n) is 5.05. The van der Waals surface area contributed by atoms with Crippen LogP contribution in [-0.4, -0.2) is 35.5 Å². The van der Waals surface area contributed by atoms with Gasteiger partial charge in [-0.05, 0) is 46.5 Å². The summed E-state index contributed by atoms with van der Waals surface area (Å²) in [4.78, 5) is 14.8. The van der Waals surface area contributed by atoms with Crippen molar-refractivity contribution < 1.29 is 4.79 Å². The molecule has 0 radical (unpaired) electrons. The molecular formula is C15H28N2O. The third kappa shape index (κ3) is 2.71. The fourth-order valence-electron chi connectivity index (χ4n) is 3.02. The highest BCUT2D eigenvalue weighted by Crippen LogP contribution is 2.41. The van der Waals surface area contributed by atoms with Crippen LogP contribution >= 0.6 is 0 Å². The summed E-state index contributed by atoms with van der Waals surface area (Å²) in [5, 5.41) is 3.33. The van der Waals surface area contributed by atoms with E-state index < -0.39 is 0 Å². The number of hydrogen-bond acceptors (Lipinski definition) is 2. The summed E-state index contributed by atoms with van der Waals surface area (Å²) in [5.74, 6) is 0.286. The van der Waals surface area contributed by atoms with E-state index in [-0.39, 0.29) is 16.9 Å². The molecular weight excluding hydrogens is 224 g/mol. The molecule has 1 aliphatic heterocycles. The molecule has 0 aromatic heterocycles. The van der Waals surface area contributed by atoms with Crippen LogP contribution in [0.15, 0.2) is 0 Å². The number of piperidine rings is 1. The highest BCUT2D eigenvalue weighted by atomic mass is 16.2. The van der Waals surface area contributed by atoms with Gasteiger partial charge in [0.05, 0.1) is 0 Å². The Morgan fingerprint density at radius 1 is 1.11 bits per heavy atom. The summed E-state index contributed by atoms with van der Waals surface area (Å²) in [6, 6.07) is 0.620. The number of nitrogens with one attached hydrogen (secondary N) is 1. The van der Waals surface area contributed by atoms with Crippen LogP contribution in [-0.2, 0) is 4.79 Å². The molecule has 1 N–H and O–H groups in total. The van der Waals surface area contributed by atoms with Crippen LogP contribution in [0.3, 0.4) is 0 Å². The smallest absolute Gasteiger partial charge is 0.226 e. The van der Waals surface area contributed by atoms with E-state index in [4.69, 9.17) is 0 Å². The largest absolute Gasteiger partial charge is 0.350 e. The van der Waals surface area contributed by atoms with Crippen LogP contribution in [0.2, 0.25) is 0 Å². The summed E-state index contributed by atoms with van der Waals surface area (Å²) < 4.78 is 0. The lowest BCUT2D eigenvalue weighted by Gasteiger charge is -2.45. The van der Waals surface area contributed by atoms with Crippen molar-refractivity contribution in [2.24, 2.45) is 5.41 Å². The molecule has 0 aromatic rings. The SMILES string of the molecule is CC(C)N1CCC(C)(NC(=O)C2(C)CCC2)CC1. The average Bonchev–Trinajstić information content (AvgIpc) is 2.25. The molecule has 104 valence electrons. The van der Waals surface area contributed by atoms with E-state index in [1.54, 1.807) is 0 Å². The Bertz CT molecular complexity index is 312. The maximum atomic E-state index is 12.3. The van der Waals surface area contributed by atoms with Gasteiger partial charge in [-0.15, -0.1) is 0 Å². The zero-order valence-corrected chi connectivity index (χ0v) is 12.4. The molecule has 0 atom stereocenters. The van der Waals surface area contributed by atoms with Gasteiger partial charge in [0.1, 0.15) is 0 Å². The molecule has 0 unspecified atom stereocenters. The van der Waals surface area contributed by atoms with Gasteiger partial charge in [-0.25, -0.2) is 0 Å². The molecule has 0 bridgehead atoms. The van der Waals surface area contributed by atoms with Crippen molar-refractivity contribution in [1.82, 2.24) is 10.2 Å². The topological polar surface area (TPSA) is 32.3 Å². The first kappa shape index (κ1) is 13.9. The highest BCUT2D eigenvalue weighted by Gasteiger charge is 2.42. The first-order valence-electron chi connectivity index (χ1n) is 7.41. The molecule has 0 spiro atoms. The second-order valence-electron chi connectivity index (χ2n) is 7.06. The number of hydrogen-bond donors (Lipinski definition) is 1. The van der Waals surface area contributed by atoms with Gasteiger partial charge < -0.3 is 10.2 Å². The fourth-order valence-corrected chi connectivity index (χ4v) is 3.02. The van der Waals surface area contributed by atoms with E-state index in [0.29, 0.717) is 6.04 Å². The quantitative estimate of drug-likeness (QED) is 0.837. The van der Waals surface area contributed by atoms with Crippen LogP contribution in [0.5, 0.6) is 0 Å². The zero-order chi connectivity index (χ0) is 13.4. The molecule has 1 saturated heterocycles. The lowest BCUT2D eigenvalue weighted by Crippen LogP contribution is -2.58. The first-order chi connectivity index (χ1) is 8.35. The Morgan fingerprint density at radius 2 is 1.67 bits per heavy atom. The minimum absolute atomic E-state index is 0.0150. The van der Waals surface area contributed by atoms with Crippen LogP contribution in [0.1, 0.15) is 59.8 Å². The van der Waals surface area contributed by atoms with E-state index in [0.717, 1.165) is 38.8 Å². The number of rotatable bonds is 3. The third-order valence-corrected chi connectivity index (χ3v) is 5.05. The maximum absolute atomic E-state index is 12.3. The molecule has 2 rings (SSSR count). The summed E-state index contributed by atoms with van der Waals surface area (Å²) in [6.45, 7) is 11.0. The van der Waals surface area contributed by atoms with E-state index in [2.05, 4.69) is 37.9 Å². The number of carbonyl (C=O) groups excluding carboxylic acids is 1. The van der Waals surface area contributed by atoms with E-state index in [1.807, 2.05) is 0 Å². The van der Waals surface area contributed by atoms with Gasteiger partial charge in [0, 0.05) is 30.1 Å². The number of nitrogens with zero attached hydrogens (tertiary/aromatic N) is 1. The van der Waals surface area contributed by atoms with Crippen LogP contribution in [0.4, 0.5) is 0 Å². The molecule has 1 saturated carbocycles. The molecule has 1 amide bonds. The van der Waals surface area contributed by atoms with E-state index in [1.165, 1.54) is 6.42 Å². The molecule has 2 aliphatic rings. The zero-order valence-electron chi connectivity index (χ0n) is 12.4. The second-order valence-corrected chi connectivity index (χ2v) is 7.06. The molecule has 1 aliphatic carbocycles. The van der Waals surface area contributed by atoms with E-state index in [9.17, 15) is 4.79 Å². The molecule has 3 nitrogen and oxygen atoms in total. The van der Waals surface area contributed by atoms with Gasteiger partial charge in [0.2, 0.25) is 5.91 Å². The molecule has 1 heterocycles. The van der Waals surface area contributed by atoms with Gasteiger partial charge in [0.25, 0.3) is 0 Å². The molecule has 0 aromatic carbocycles. The van der Waals surface area contributed by atoms with Crippen LogP contribution < -0.4 is 5.32 Å². The molecule has 2 fully saturated rings. The van der Waals surface area contributed by atoms with Crippen molar-refractivity contribution in [3.63, 3.8) is 0 Å². The van der Waals surface area contributed by atoms with Crippen LogP contribution in [0.25, 0.3) is 0 Å². The first-order valence-corrected chi connectivity index (χ1v) is 7.41. The van der Waals surface area contributed by atoms with Gasteiger partial charge in [-0.1, -0.05) is 13.3 Å². The Kier molecular flexibility index (Phi) is 3.72. The highest BCUT2D eigenvalue weighted by molar-refractivity contribution is 5.83. The summed E-state index contributed by atoms with van der Waals surface area (Å²) >= 11 is 0. The van der Waals surface area contributed by atoms with Crippen LogP contribution in [0, 0.1) is 5.41 Å². The molecule has 3 heteroatoms. The molecule has 18 heavy (non-hydrogen) atoms. The van der Waals surface area contributed by atoms with Crippen molar-refractivity contribution in [3.8, 4) is 0 Å². The second kappa shape index (κ2) is 4.84. The summed E-state index contributed by atoms with van der Waals surface area (Å²) in [5.41, 5.74) is -0.0563. The average molecular weight is 252 g/mol. The van der Waals surface area contributed by atoms with Crippen molar-refractivity contribution in [1.29, 1.82) is 0 Å². The predicted molar refractivity (Wildman–Crippen MR) is 74.4 cm³/mol.